The second-order valence-electron chi connectivity index (χ2n) is 3.37. The van der Waals surface area contributed by atoms with Gasteiger partial charge in [-0.1, -0.05) is 0 Å². The molecule has 15 heavy (non-hydrogen) atoms. The van der Waals surface area contributed by atoms with Crippen LogP contribution in [0.3, 0.4) is 0 Å². The van der Waals surface area contributed by atoms with Crippen molar-refractivity contribution in [3.05, 3.63) is 18.5 Å². The molecule has 0 aliphatic carbocycles. The summed E-state index contributed by atoms with van der Waals surface area (Å²) in [4.78, 5) is 9.80. The van der Waals surface area contributed by atoms with Crippen LogP contribution in [0.1, 0.15) is 6.42 Å². The number of hydrogen-bond donors (Lipinski definition) is 1. The molecule has 1 saturated heterocycles. The number of aliphatic hydroxyl groups is 1. The Morgan fingerprint density at radius 3 is 2.67 bits per heavy atom. The van der Waals surface area contributed by atoms with Gasteiger partial charge in [0.1, 0.15) is 6.17 Å². The minimum atomic E-state index is -1.20. The Balaban J connectivity index is 0.00000112. The van der Waals surface area contributed by atoms with Crippen LogP contribution in [-0.4, -0.2) is 40.4 Å². The van der Waals surface area contributed by atoms with Crippen molar-refractivity contribution >= 4 is 18.4 Å². The zero-order chi connectivity index (χ0) is 9.97. The molecule has 6 heteroatoms. The van der Waals surface area contributed by atoms with E-state index in [0.29, 0.717) is 18.9 Å². The molecule has 1 aliphatic rings. The normalized spacial score (nSPS) is 25.9. The molecular weight excluding hydrogens is 221 g/mol. The van der Waals surface area contributed by atoms with Crippen LogP contribution in [0.4, 0.5) is 10.3 Å². The molecule has 2 atom stereocenters. The molecule has 0 radical (unpaired) electrons. The smallest absolute Gasteiger partial charge is 0.225 e. The lowest BCUT2D eigenvalue weighted by Gasteiger charge is -2.31. The van der Waals surface area contributed by atoms with Crippen LogP contribution in [0, 0.1) is 0 Å². The quantitative estimate of drug-likeness (QED) is 0.780. The molecule has 2 unspecified atom stereocenters. The second kappa shape index (κ2) is 5.23. The first kappa shape index (κ1) is 12.1. The minimum absolute atomic E-state index is 0. The molecule has 1 aromatic heterocycles. The Kier molecular flexibility index (Phi) is 4.23. The topological polar surface area (TPSA) is 49.2 Å². The molecule has 1 aromatic rings. The number of rotatable bonds is 1. The van der Waals surface area contributed by atoms with Crippen molar-refractivity contribution in [3.63, 3.8) is 0 Å². The number of halogens is 2. The number of hydrogen-bond acceptors (Lipinski definition) is 4. The molecule has 2 rings (SSSR count). The van der Waals surface area contributed by atoms with E-state index in [1.54, 1.807) is 23.4 Å². The third-order valence-corrected chi connectivity index (χ3v) is 2.34. The molecule has 84 valence electrons. The summed E-state index contributed by atoms with van der Waals surface area (Å²) in [7, 11) is 0. The van der Waals surface area contributed by atoms with Crippen molar-refractivity contribution in [2.45, 2.75) is 18.7 Å². The van der Waals surface area contributed by atoms with Crippen LogP contribution >= 0.6 is 12.4 Å². The third kappa shape index (κ3) is 2.76. The van der Waals surface area contributed by atoms with Crippen molar-refractivity contribution in [3.8, 4) is 0 Å². The average Bonchev–Trinajstić information content (AvgIpc) is 2.23. The van der Waals surface area contributed by atoms with E-state index in [4.69, 9.17) is 0 Å². The summed E-state index contributed by atoms with van der Waals surface area (Å²) >= 11 is 0. The first-order valence-electron chi connectivity index (χ1n) is 4.61. The molecule has 0 amide bonds. The molecule has 2 heterocycles. The van der Waals surface area contributed by atoms with Crippen LogP contribution in [0.15, 0.2) is 18.5 Å². The fourth-order valence-electron chi connectivity index (χ4n) is 1.53. The van der Waals surface area contributed by atoms with Gasteiger partial charge in [-0.25, -0.2) is 14.4 Å². The molecule has 0 aromatic carbocycles. The highest BCUT2D eigenvalue weighted by atomic mass is 35.5. The number of alkyl halides is 1. The summed E-state index contributed by atoms with van der Waals surface area (Å²) in [5.74, 6) is 0.530. The highest BCUT2D eigenvalue weighted by Crippen LogP contribution is 2.17. The lowest BCUT2D eigenvalue weighted by molar-refractivity contribution is 0.0611. The molecular formula is C9H13ClFN3O. The van der Waals surface area contributed by atoms with Gasteiger partial charge in [0.25, 0.3) is 0 Å². The molecule has 1 aliphatic heterocycles. The van der Waals surface area contributed by atoms with Gasteiger partial charge < -0.3 is 10.0 Å². The Bertz CT molecular complexity index is 301. The van der Waals surface area contributed by atoms with E-state index in [9.17, 15) is 9.50 Å². The molecule has 0 bridgehead atoms. The van der Waals surface area contributed by atoms with E-state index >= 15 is 0 Å². The maximum absolute atomic E-state index is 13.2. The van der Waals surface area contributed by atoms with E-state index in [-0.39, 0.29) is 19.0 Å². The van der Waals surface area contributed by atoms with Crippen LogP contribution in [0.2, 0.25) is 0 Å². The van der Waals surface area contributed by atoms with Crippen LogP contribution in [-0.2, 0) is 0 Å². The molecule has 1 N–H and O–H groups in total. The lowest BCUT2D eigenvalue weighted by Crippen LogP contribution is -2.45. The Morgan fingerprint density at radius 2 is 2.07 bits per heavy atom. The maximum atomic E-state index is 13.2. The first-order chi connectivity index (χ1) is 6.77. The van der Waals surface area contributed by atoms with Gasteiger partial charge >= 0.3 is 0 Å². The van der Waals surface area contributed by atoms with Gasteiger partial charge in [-0.05, 0) is 12.5 Å². The van der Waals surface area contributed by atoms with E-state index < -0.39 is 12.3 Å². The summed E-state index contributed by atoms with van der Waals surface area (Å²) < 4.78 is 13.2. The summed E-state index contributed by atoms with van der Waals surface area (Å²) in [5, 5.41) is 9.20. The first-order valence-corrected chi connectivity index (χ1v) is 4.61. The summed E-state index contributed by atoms with van der Waals surface area (Å²) in [6.45, 7) is 0.775. The molecule has 1 fully saturated rings. The predicted octanol–water partition coefficient (Wildman–Crippen LogP) is 0.807. The van der Waals surface area contributed by atoms with Crippen molar-refractivity contribution in [2.75, 3.05) is 18.0 Å². The molecule has 0 spiro atoms. The maximum Gasteiger partial charge on any atom is 0.225 e. The zero-order valence-corrected chi connectivity index (χ0v) is 8.90. The van der Waals surface area contributed by atoms with Crippen LogP contribution in [0.5, 0.6) is 0 Å². The Hall–Kier alpha value is -0.940. The molecule has 4 nitrogen and oxygen atoms in total. The Morgan fingerprint density at radius 1 is 1.40 bits per heavy atom. The third-order valence-electron chi connectivity index (χ3n) is 2.34. The number of anilines is 1. The monoisotopic (exact) mass is 233 g/mol. The average molecular weight is 234 g/mol. The van der Waals surface area contributed by atoms with Crippen LogP contribution in [0.25, 0.3) is 0 Å². The zero-order valence-electron chi connectivity index (χ0n) is 8.08. The van der Waals surface area contributed by atoms with E-state index in [1.807, 2.05) is 0 Å². The van der Waals surface area contributed by atoms with Gasteiger partial charge in [0, 0.05) is 18.9 Å². The summed E-state index contributed by atoms with van der Waals surface area (Å²) in [6.07, 6.45) is 1.64. The van der Waals surface area contributed by atoms with Gasteiger partial charge in [0.15, 0.2) is 0 Å². The van der Waals surface area contributed by atoms with Gasteiger partial charge in [-0.3, -0.25) is 0 Å². The van der Waals surface area contributed by atoms with Gasteiger partial charge in [0.2, 0.25) is 5.95 Å². The van der Waals surface area contributed by atoms with Crippen molar-refractivity contribution in [1.29, 1.82) is 0 Å². The Labute approximate surface area is 93.6 Å². The van der Waals surface area contributed by atoms with Crippen molar-refractivity contribution < 1.29 is 9.50 Å². The van der Waals surface area contributed by atoms with Crippen molar-refractivity contribution in [1.82, 2.24) is 9.97 Å². The standard InChI is InChI=1S/C9H12FN3O.ClH/c10-7-6-13(5-2-8(7)14)9-11-3-1-4-12-9;/h1,3-4,7-8,14H,2,5-6H2;1H. The summed E-state index contributed by atoms with van der Waals surface area (Å²) in [5.41, 5.74) is 0. The van der Waals surface area contributed by atoms with E-state index in [2.05, 4.69) is 9.97 Å². The van der Waals surface area contributed by atoms with E-state index in [1.165, 1.54) is 0 Å². The highest BCUT2D eigenvalue weighted by Gasteiger charge is 2.28. The van der Waals surface area contributed by atoms with Crippen molar-refractivity contribution in [2.24, 2.45) is 0 Å². The van der Waals surface area contributed by atoms with Crippen LogP contribution < -0.4 is 4.90 Å². The van der Waals surface area contributed by atoms with Gasteiger partial charge in [-0.15, -0.1) is 12.4 Å². The number of aliphatic hydroxyl groups excluding tert-OH is 1. The summed E-state index contributed by atoms with van der Waals surface area (Å²) in [6, 6.07) is 1.72. The molecule has 0 saturated carbocycles. The predicted molar refractivity (Wildman–Crippen MR) is 57.0 cm³/mol. The number of piperidine rings is 1. The van der Waals surface area contributed by atoms with E-state index in [0.717, 1.165) is 0 Å². The lowest BCUT2D eigenvalue weighted by atomic mass is 10.1. The largest absolute Gasteiger partial charge is 0.390 e. The SMILES string of the molecule is Cl.OC1CCN(c2ncccn2)CC1F. The van der Waals surface area contributed by atoms with Gasteiger partial charge in [0.05, 0.1) is 12.6 Å². The number of nitrogens with zero attached hydrogens (tertiary/aromatic N) is 3. The number of aromatic nitrogens is 2. The fraction of sp³-hybridized carbons (Fsp3) is 0.556. The highest BCUT2D eigenvalue weighted by molar-refractivity contribution is 5.85. The second-order valence-corrected chi connectivity index (χ2v) is 3.37. The van der Waals surface area contributed by atoms with Gasteiger partial charge in [-0.2, -0.15) is 0 Å². The fourth-order valence-corrected chi connectivity index (χ4v) is 1.53. The minimum Gasteiger partial charge on any atom is -0.390 e.